The van der Waals surface area contributed by atoms with Gasteiger partial charge in [-0.05, 0) is 25.2 Å². The van der Waals surface area contributed by atoms with Gasteiger partial charge in [0.2, 0.25) is 0 Å². The van der Waals surface area contributed by atoms with Crippen molar-refractivity contribution in [2.24, 2.45) is 17.8 Å². The van der Waals surface area contributed by atoms with Crippen molar-refractivity contribution in [1.29, 1.82) is 0 Å². The van der Waals surface area contributed by atoms with Crippen LogP contribution < -0.4 is 0 Å². The molecule has 3 atom stereocenters. The van der Waals surface area contributed by atoms with Crippen molar-refractivity contribution in [3.05, 3.63) is 12.7 Å². The van der Waals surface area contributed by atoms with Gasteiger partial charge in [0.15, 0.2) is 0 Å². The third-order valence-corrected chi connectivity index (χ3v) is 3.67. The highest BCUT2D eigenvalue weighted by molar-refractivity contribution is 5.85. The maximum Gasteiger partial charge on any atom is 0.145 e. The van der Waals surface area contributed by atoms with Gasteiger partial charge in [0.25, 0.3) is 0 Å². The fraction of sp³-hybridized carbons (Fsp3) is 0.800. The molecule has 0 aromatic heterocycles. The summed E-state index contributed by atoms with van der Waals surface area (Å²) in [6, 6.07) is 0. The fourth-order valence-corrected chi connectivity index (χ4v) is 2.69. The molecular formula is C15H25FO. The molecule has 0 amide bonds. The van der Waals surface area contributed by atoms with Crippen molar-refractivity contribution >= 4 is 5.78 Å². The molecule has 1 fully saturated rings. The van der Waals surface area contributed by atoms with Gasteiger partial charge in [-0.2, -0.15) is 0 Å². The van der Waals surface area contributed by atoms with Crippen LogP contribution in [0.3, 0.4) is 0 Å². The summed E-state index contributed by atoms with van der Waals surface area (Å²) in [6.45, 7) is 7.91. The van der Waals surface area contributed by atoms with Crippen LogP contribution in [0.4, 0.5) is 4.39 Å². The predicted octanol–water partition coefficient (Wildman–Crippen LogP) is 4.32. The molecule has 0 bridgehead atoms. The molecule has 1 saturated carbocycles. The normalized spacial score (nSPS) is 27.5. The molecule has 1 aliphatic carbocycles. The van der Waals surface area contributed by atoms with Gasteiger partial charge in [-0.3, -0.25) is 4.79 Å². The highest BCUT2D eigenvalue weighted by Crippen LogP contribution is 2.30. The first-order chi connectivity index (χ1) is 8.06. The Bertz CT molecular complexity index is 260. The van der Waals surface area contributed by atoms with Crippen molar-refractivity contribution in [3.63, 3.8) is 0 Å². The molecule has 0 heterocycles. The highest BCUT2D eigenvalue weighted by Gasteiger charge is 2.32. The smallest absolute Gasteiger partial charge is 0.145 e. The Balaban J connectivity index is 2.67. The standard InChI is InChI=1S/C15H25FO/c1-4-12(10-11(2)3)15(17)13-8-6-5-7-9-14(13)16/h4,11-14H,1,5-10H2,2-3H3/t12?,13?,14-/m0/s1. The summed E-state index contributed by atoms with van der Waals surface area (Å²) in [5.74, 6) is 0.00416. The molecule has 2 unspecified atom stereocenters. The lowest BCUT2D eigenvalue weighted by Gasteiger charge is -2.22. The summed E-state index contributed by atoms with van der Waals surface area (Å²) in [7, 11) is 0. The second-order valence-corrected chi connectivity index (χ2v) is 5.63. The van der Waals surface area contributed by atoms with Crippen LogP contribution in [0.2, 0.25) is 0 Å². The van der Waals surface area contributed by atoms with Crippen LogP contribution in [0.5, 0.6) is 0 Å². The minimum atomic E-state index is -0.931. The van der Waals surface area contributed by atoms with Crippen LogP contribution in [0, 0.1) is 17.8 Å². The van der Waals surface area contributed by atoms with Crippen molar-refractivity contribution in [1.82, 2.24) is 0 Å². The van der Waals surface area contributed by atoms with Gasteiger partial charge >= 0.3 is 0 Å². The van der Waals surface area contributed by atoms with E-state index in [9.17, 15) is 9.18 Å². The van der Waals surface area contributed by atoms with E-state index in [2.05, 4.69) is 20.4 Å². The second kappa shape index (κ2) is 6.93. The molecule has 0 aromatic carbocycles. The van der Waals surface area contributed by atoms with E-state index in [0.29, 0.717) is 12.3 Å². The first kappa shape index (κ1) is 14.4. The summed E-state index contributed by atoms with van der Waals surface area (Å²) in [5.41, 5.74) is 0. The number of alkyl halides is 1. The molecule has 1 rings (SSSR count). The van der Waals surface area contributed by atoms with Crippen molar-refractivity contribution in [2.75, 3.05) is 0 Å². The van der Waals surface area contributed by atoms with Crippen molar-refractivity contribution in [2.45, 2.75) is 58.5 Å². The molecule has 0 radical (unpaired) electrons. The molecule has 0 aromatic rings. The number of Topliss-reactive ketones (excluding diaryl/α,β-unsaturated/α-hetero) is 1. The lowest BCUT2D eigenvalue weighted by Crippen LogP contribution is -2.30. The number of rotatable bonds is 5. The monoisotopic (exact) mass is 240 g/mol. The molecule has 17 heavy (non-hydrogen) atoms. The largest absolute Gasteiger partial charge is 0.299 e. The summed E-state index contributed by atoms with van der Waals surface area (Å²) in [5, 5.41) is 0. The quantitative estimate of drug-likeness (QED) is 0.516. The topological polar surface area (TPSA) is 17.1 Å². The summed E-state index contributed by atoms with van der Waals surface area (Å²) >= 11 is 0. The summed E-state index contributed by atoms with van der Waals surface area (Å²) in [4.78, 5) is 12.3. The maximum atomic E-state index is 13.9. The van der Waals surface area contributed by atoms with E-state index in [1.807, 2.05) is 0 Å². The average molecular weight is 240 g/mol. The van der Waals surface area contributed by atoms with Crippen LogP contribution in [-0.2, 0) is 4.79 Å². The van der Waals surface area contributed by atoms with Gasteiger partial charge in [0, 0.05) is 11.8 Å². The molecule has 1 aliphatic rings. The number of hydrogen-bond acceptors (Lipinski definition) is 1. The predicted molar refractivity (Wildman–Crippen MR) is 69.6 cm³/mol. The van der Waals surface area contributed by atoms with Crippen LogP contribution in [0.25, 0.3) is 0 Å². The average Bonchev–Trinajstić information content (AvgIpc) is 2.49. The van der Waals surface area contributed by atoms with E-state index in [4.69, 9.17) is 0 Å². The zero-order chi connectivity index (χ0) is 12.8. The Morgan fingerprint density at radius 3 is 2.59 bits per heavy atom. The molecule has 0 spiro atoms. The molecule has 2 heteroatoms. The number of allylic oxidation sites excluding steroid dienone is 1. The van der Waals surface area contributed by atoms with Gasteiger partial charge in [0.05, 0.1) is 0 Å². The lowest BCUT2D eigenvalue weighted by molar-refractivity contribution is -0.128. The Kier molecular flexibility index (Phi) is 5.87. The molecule has 98 valence electrons. The minimum Gasteiger partial charge on any atom is -0.299 e. The lowest BCUT2D eigenvalue weighted by atomic mass is 9.82. The maximum absolute atomic E-state index is 13.9. The first-order valence-corrected chi connectivity index (χ1v) is 6.86. The van der Waals surface area contributed by atoms with Gasteiger partial charge in [-0.25, -0.2) is 4.39 Å². The Morgan fingerprint density at radius 2 is 2.00 bits per heavy atom. The third-order valence-electron chi connectivity index (χ3n) is 3.67. The van der Waals surface area contributed by atoms with Gasteiger partial charge < -0.3 is 0 Å². The molecule has 0 saturated heterocycles. The third kappa shape index (κ3) is 4.25. The summed E-state index contributed by atoms with van der Waals surface area (Å²) < 4.78 is 13.9. The zero-order valence-electron chi connectivity index (χ0n) is 11.1. The van der Waals surface area contributed by atoms with E-state index in [1.165, 1.54) is 0 Å². The molecular weight excluding hydrogens is 215 g/mol. The van der Waals surface area contributed by atoms with E-state index in [-0.39, 0.29) is 17.6 Å². The number of carbonyl (C=O) groups excluding carboxylic acids is 1. The van der Waals surface area contributed by atoms with E-state index in [1.54, 1.807) is 6.08 Å². The van der Waals surface area contributed by atoms with Gasteiger partial charge in [-0.15, -0.1) is 6.58 Å². The van der Waals surface area contributed by atoms with Crippen LogP contribution in [0.1, 0.15) is 52.4 Å². The Hall–Kier alpha value is -0.660. The first-order valence-electron chi connectivity index (χ1n) is 6.86. The van der Waals surface area contributed by atoms with Gasteiger partial charge in [0.1, 0.15) is 12.0 Å². The van der Waals surface area contributed by atoms with Crippen LogP contribution in [0.15, 0.2) is 12.7 Å². The molecule has 1 nitrogen and oxygen atoms in total. The van der Waals surface area contributed by atoms with Crippen molar-refractivity contribution < 1.29 is 9.18 Å². The number of hydrogen-bond donors (Lipinski definition) is 0. The Morgan fingerprint density at radius 1 is 1.35 bits per heavy atom. The fourth-order valence-electron chi connectivity index (χ4n) is 2.69. The second-order valence-electron chi connectivity index (χ2n) is 5.63. The van der Waals surface area contributed by atoms with Crippen LogP contribution in [-0.4, -0.2) is 12.0 Å². The van der Waals surface area contributed by atoms with Crippen LogP contribution >= 0.6 is 0 Å². The number of carbonyl (C=O) groups is 1. The highest BCUT2D eigenvalue weighted by atomic mass is 19.1. The Labute approximate surface area is 104 Å². The summed E-state index contributed by atoms with van der Waals surface area (Å²) in [6.07, 6.45) is 5.83. The SMILES string of the molecule is C=CC(CC(C)C)C(=O)C1CCCCC[C@@H]1F. The van der Waals surface area contributed by atoms with E-state index in [0.717, 1.165) is 32.1 Å². The van der Waals surface area contributed by atoms with Gasteiger partial charge in [-0.1, -0.05) is 39.2 Å². The van der Waals surface area contributed by atoms with Crippen molar-refractivity contribution in [3.8, 4) is 0 Å². The number of halogens is 1. The molecule has 0 N–H and O–H groups in total. The van der Waals surface area contributed by atoms with E-state index < -0.39 is 6.17 Å². The molecule has 0 aliphatic heterocycles. The minimum absolute atomic E-state index is 0.0862. The van der Waals surface area contributed by atoms with E-state index >= 15 is 0 Å². The number of ketones is 1. The zero-order valence-corrected chi connectivity index (χ0v) is 11.1.